The predicted octanol–water partition coefficient (Wildman–Crippen LogP) is 2.63. The largest absolute Gasteiger partial charge is 0.379 e. The number of ether oxygens (including phenoxy) is 1. The van der Waals surface area contributed by atoms with Crippen LogP contribution >= 0.6 is 11.8 Å². The van der Waals surface area contributed by atoms with Crippen LogP contribution < -0.4 is 10.6 Å². The first-order chi connectivity index (χ1) is 11.6. The van der Waals surface area contributed by atoms with Crippen molar-refractivity contribution in [3.05, 3.63) is 29.3 Å². The number of anilines is 1. The van der Waals surface area contributed by atoms with Crippen LogP contribution in [0.25, 0.3) is 0 Å². The van der Waals surface area contributed by atoms with Crippen LogP contribution in [-0.4, -0.2) is 60.8 Å². The number of nitrogens with one attached hydrogen (secondary N) is 2. The molecule has 0 saturated carbocycles. The average Bonchev–Trinajstić information content (AvgIpc) is 3.07. The van der Waals surface area contributed by atoms with E-state index in [1.807, 2.05) is 30.8 Å². The van der Waals surface area contributed by atoms with Gasteiger partial charge in [-0.05, 0) is 37.7 Å². The van der Waals surface area contributed by atoms with E-state index in [1.165, 1.54) is 5.56 Å². The minimum Gasteiger partial charge on any atom is -0.379 e. The molecule has 24 heavy (non-hydrogen) atoms. The molecule has 0 radical (unpaired) electrons. The number of carbonyl (C=O) groups excluding carboxylic acids is 1. The van der Waals surface area contributed by atoms with Gasteiger partial charge in [0, 0.05) is 36.6 Å². The minimum atomic E-state index is -0.119. The SMILES string of the molecule is Cc1ccc(NC(=O)NCC2(N3CCOCC3)CCSC2)c(C)c1. The molecule has 0 spiro atoms. The number of hydrogen-bond acceptors (Lipinski definition) is 4. The summed E-state index contributed by atoms with van der Waals surface area (Å²) in [7, 11) is 0. The summed E-state index contributed by atoms with van der Waals surface area (Å²) in [5.74, 6) is 2.24. The summed E-state index contributed by atoms with van der Waals surface area (Å²) in [6.07, 6.45) is 1.13. The molecule has 5 nitrogen and oxygen atoms in total. The Hall–Kier alpha value is -1.24. The highest BCUT2D eigenvalue weighted by Crippen LogP contribution is 2.33. The second-order valence-corrected chi connectivity index (χ2v) is 7.86. The first-order valence-corrected chi connectivity index (χ1v) is 9.77. The van der Waals surface area contributed by atoms with Gasteiger partial charge in [0.15, 0.2) is 0 Å². The number of hydrogen-bond donors (Lipinski definition) is 2. The van der Waals surface area contributed by atoms with Gasteiger partial charge in [-0.3, -0.25) is 4.90 Å². The van der Waals surface area contributed by atoms with E-state index in [-0.39, 0.29) is 11.6 Å². The first-order valence-electron chi connectivity index (χ1n) is 8.62. The maximum absolute atomic E-state index is 12.4. The van der Waals surface area contributed by atoms with Crippen molar-refractivity contribution in [1.29, 1.82) is 0 Å². The number of benzene rings is 1. The molecule has 0 aromatic heterocycles. The summed E-state index contributed by atoms with van der Waals surface area (Å²) in [6.45, 7) is 8.27. The maximum Gasteiger partial charge on any atom is 0.319 e. The van der Waals surface area contributed by atoms with Crippen molar-refractivity contribution in [3.8, 4) is 0 Å². The molecule has 2 aliphatic rings. The second kappa shape index (κ2) is 7.76. The highest BCUT2D eigenvalue weighted by Gasteiger charge is 2.40. The van der Waals surface area contributed by atoms with Crippen LogP contribution in [0.15, 0.2) is 18.2 Å². The van der Waals surface area contributed by atoms with Crippen LogP contribution in [0.3, 0.4) is 0 Å². The van der Waals surface area contributed by atoms with Crippen LogP contribution in [0.5, 0.6) is 0 Å². The van der Waals surface area contributed by atoms with Crippen molar-refractivity contribution < 1.29 is 9.53 Å². The molecule has 6 heteroatoms. The van der Waals surface area contributed by atoms with Crippen LogP contribution in [-0.2, 0) is 4.74 Å². The van der Waals surface area contributed by atoms with Gasteiger partial charge in [-0.1, -0.05) is 17.7 Å². The van der Waals surface area contributed by atoms with Gasteiger partial charge >= 0.3 is 6.03 Å². The fraction of sp³-hybridized carbons (Fsp3) is 0.611. The highest BCUT2D eigenvalue weighted by atomic mass is 32.2. The fourth-order valence-corrected chi connectivity index (χ4v) is 4.98. The Labute approximate surface area is 148 Å². The van der Waals surface area contributed by atoms with Gasteiger partial charge in [0.05, 0.1) is 13.2 Å². The molecule has 2 saturated heterocycles. The van der Waals surface area contributed by atoms with Gasteiger partial charge in [0.1, 0.15) is 0 Å². The maximum atomic E-state index is 12.4. The smallest absolute Gasteiger partial charge is 0.319 e. The molecule has 0 aliphatic carbocycles. The van der Waals surface area contributed by atoms with Crippen molar-refractivity contribution in [3.63, 3.8) is 0 Å². The lowest BCUT2D eigenvalue weighted by Gasteiger charge is -2.43. The zero-order valence-corrected chi connectivity index (χ0v) is 15.4. The fourth-order valence-electron chi connectivity index (χ4n) is 3.50. The molecule has 2 aliphatic heterocycles. The minimum absolute atomic E-state index is 0.0775. The van der Waals surface area contributed by atoms with E-state index >= 15 is 0 Å². The summed E-state index contributed by atoms with van der Waals surface area (Å²) in [6, 6.07) is 5.95. The van der Waals surface area contributed by atoms with Crippen LogP contribution in [0, 0.1) is 13.8 Å². The number of aryl methyl sites for hydroxylation is 2. The monoisotopic (exact) mass is 349 g/mol. The summed E-state index contributed by atoms with van der Waals surface area (Å²) < 4.78 is 5.48. The van der Waals surface area contributed by atoms with Gasteiger partial charge in [-0.2, -0.15) is 11.8 Å². The number of rotatable bonds is 4. The molecular formula is C18H27N3O2S. The summed E-state index contributed by atoms with van der Waals surface area (Å²) in [5, 5.41) is 6.09. The lowest BCUT2D eigenvalue weighted by atomic mass is 9.95. The highest BCUT2D eigenvalue weighted by molar-refractivity contribution is 7.99. The van der Waals surface area contributed by atoms with E-state index < -0.39 is 0 Å². The molecule has 132 valence electrons. The number of nitrogens with zero attached hydrogens (tertiary/aromatic N) is 1. The normalized spacial score (nSPS) is 24.8. The zero-order valence-electron chi connectivity index (χ0n) is 14.6. The molecule has 0 bridgehead atoms. The number of carbonyl (C=O) groups is 1. The third kappa shape index (κ3) is 4.05. The third-order valence-corrected chi connectivity index (χ3v) is 6.21. The Morgan fingerprint density at radius 1 is 1.33 bits per heavy atom. The lowest BCUT2D eigenvalue weighted by molar-refractivity contribution is -0.0123. The molecule has 1 atom stereocenters. The van der Waals surface area contributed by atoms with Crippen LogP contribution in [0.1, 0.15) is 17.5 Å². The van der Waals surface area contributed by atoms with Gasteiger partial charge in [-0.15, -0.1) is 0 Å². The summed E-state index contributed by atoms with van der Waals surface area (Å²) >= 11 is 1.98. The molecule has 2 heterocycles. The standard InChI is InChI=1S/C18H27N3O2S/c1-14-3-4-16(15(2)11-14)20-17(22)19-12-18(5-10-24-13-18)21-6-8-23-9-7-21/h3-4,11H,5-10,12-13H2,1-2H3,(H2,19,20,22). The van der Waals surface area contributed by atoms with Gasteiger partial charge in [0.25, 0.3) is 0 Å². The molecule has 3 rings (SSSR count). The molecular weight excluding hydrogens is 322 g/mol. The Balaban J connectivity index is 1.59. The first kappa shape index (κ1) is 17.6. The molecule has 1 aromatic carbocycles. The number of amides is 2. The van der Waals surface area contributed by atoms with E-state index in [1.54, 1.807) is 0 Å². The second-order valence-electron chi connectivity index (χ2n) is 6.75. The van der Waals surface area contributed by atoms with Gasteiger partial charge in [-0.25, -0.2) is 4.79 Å². The Morgan fingerprint density at radius 3 is 2.79 bits per heavy atom. The molecule has 2 N–H and O–H groups in total. The quantitative estimate of drug-likeness (QED) is 0.877. The third-order valence-electron chi connectivity index (χ3n) is 4.97. The van der Waals surface area contributed by atoms with Crippen LogP contribution in [0.2, 0.25) is 0 Å². The predicted molar refractivity (Wildman–Crippen MR) is 100 cm³/mol. The summed E-state index contributed by atoms with van der Waals surface area (Å²) in [4.78, 5) is 14.9. The van der Waals surface area contributed by atoms with E-state index in [0.29, 0.717) is 6.54 Å². The average molecular weight is 350 g/mol. The molecule has 1 aromatic rings. The number of thioether (sulfide) groups is 1. The van der Waals surface area contributed by atoms with E-state index in [2.05, 4.69) is 28.5 Å². The van der Waals surface area contributed by atoms with Crippen molar-refractivity contribution in [2.45, 2.75) is 25.8 Å². The Morgan fingerprint density at radius 2 is 2.12 bits per heavy atom. The van der Waals surface area contributed by atoms with Gasteiger partial charge in [0.2, 0.25) is 0 Å². The van der Waals surface area contributed by atoms with Crippen molar-refractivity contribution in [2.24, 2.45) is 0 Å². The van der Waals surface area contributed by atoms with E-state index in [4.69, 9.17) is 4.74 Å². The van der Waals surface area contributed by atoms with E-state index in [0.717, 1.165) is 55.5 Å². The zero-order chi connectivity index (χ0) is 17.0. The Bertz CT molecular complexity index is 582. The molecule has 1 unspecified atom stereocenters. The Kier molecular flexibility index (Phi) is 5.69. The summed E-state index contributed by atoms with van der Waals surface area (Å²) in [5.41, 5.74) is 3.24. The number of morpholine rings is 1. The van der Waals surface area contributed by atoms with Crippen molar-refractivity contribution >= 4 is 23.5 Å². The van der Waals surface area contributed by atoms with E-state index in [9.17, 15) is 4.79 Å². The van der Waals surface area contributed by atoms with Crippen molar-refractivity contribution in [1.82, 2.24) is 10.2 Å². The van der Waals surface area contributed by atoms with Crippen molar-refractivity contribution in [2.75, 3.05) is 49.7 Å². The number of urea groups is 1. The topological polar surface area (TPSA) is 53.6 Å². The molecule has 2 amide bonds. The lowest BCUT2D eigenvalue weighted by Crippen LogP contribution is -2.59. The van der Waals surface area contributed by atoms with Crippen LogP contribution in [0.4, 0.5) is 10.5 Å². The van der Waals surface area contributed by atoms with Gasteiger partial charge < -0.3 is 15.4 Å². The molecule has 2 fully saturated rings.